The number of anilines is 1. The number of likely N-dealkylation sites (N-methyl/N-ethyl adjacent to an activating group) is 1. The Balaban J connectivity index is 2.60. The summed E-state index contributed by atoms with van der Waals surface area (Å²) in [5.74, 6) is -0.591. The Hall–Kier alpha value is -1.62. The monoisotopic (exact) mass is 281 g/mol. The predicted molar refractivity (Wildman–Crippen MR) is 80.2 cm³/mol. The molecule has 0 aliphatic rings. The third-order valence-corrected chi connectivity index (χ3v) is 3.76. The first-order valence-corrected chi connectivity index (χ1v) is 6.92. The van der Waals surface area contributed by atoms with Gasteiger partial charge < -0.3 is 16.0 Å². The maximum absolute atomic E-state index is 13.2. The van der Waals surface area contributed by atoms with Gasteiger partial charge in [-0.25, -0.2) is 4.39 Å². The maximum atomic E-state index is 13.2. The fourth-order valence-electron chi connectivity index (χ4n) is 2.14. The van der Waals surface area contributed by atoms with Gasteiger partial charge in [-0.05, 0) is 51.9 Å². The fraction of sp³-hybridized carbons (Fsp3) is 0.533. The molecule has 1 rings (SSSR count). The van der Waals surface area contributed by atoms with Crippen molar-refractivity contribution in [2.24, 2.45) is 5.73 Å². The number of halogens is 1. The Bertz CT molecular complexity index is 452. The van der Waals surface area contributed by atoms with Crippen LogP contribution >= 0.6 is 0 Å². The van der Waals surface area contributed by atoms with Crippen LogP contribution in [0.5, 0.6) is 0 Å². The van der Waals surface area contributed by atoms with Crippen LogP contribution in [0.3, 0.4) is 0 Å². The molecule has 0 aliphatic heterocycles. The van der Waals surface area contributed by atoms with Gasteiger partial charge in [0.1, 0.15) is 5.82 Å². The first-order valence-electron chi connectivity index (χ1n) is 6.92. The second kappa shape index (κ2) is 7.24. The van der Waals surface area contributed by atoms with Gasteiger partial charge in [0.05, 0.1) is 5.54 Å². The summed E-state index contributed by atoms with van der Waals surface area (Å²) in [4.78, 5) is 13.5. The lowest BCUT2D eigenvalue weighted by Crippen LogP contribution is -2.51. The Morgan fingerprint density at radius 3 is 2.70 bits per heavy atom. The van der Waals surface area contributed by atoms with Gasteiger partial charge >= 0.3 is 0 Å². The minimum Gasteiger partial charge on any atom is -0.372 e. The number of hydrogen-bond acceptors (Lipinski definition) is 3. The smallest absolute Gasteiger partial charge is 0.237 e. The fourth-order valence-corrected chi connectivity index (χ4v) is 2.14. The van der Waals surface area contributed by atoms with E-state index >= 15 is 0 Å². The molecule has 3 N–H and O–H groups in total. The van der Waals surface area contributed by atoms with Crippen molar-refractivity contribution in [1.29, 1.82) is 0 Å². The summed E-state index contributed by atoms with van der Waals surface area (Å²) in [6.45, 7) is 5.37. The molecule has 4 nitrogen and oxygen atoms in total. The summed E-state index contributed by atoms with van der Waals surface area (Å²) in [6.07, 6.45) is 1.44. The van der Waals surface area contributed by atoms with Gasteiger partial charge in [0.15, 0.2) is 0 Å². The van der Waals surface area contributed by atoms with Crippen molar-refractivity contribution in [2.75, 3.05) is 25.0 Å². The highest BCUT2D eigenvalue weighted by Crippen LogP contribution is 2.18. The SMILES string of the molecule is CCN(CCCC(C)(NC)C(N)=O)c1cccc(F)c1. The largest absolute Gasteiger partial charge is 0.372 e. The van der Waals surface area contributed by atoms with Crippen molar-refractivity contribution in [3.05, 3.63) is 30.1 Å². The van der Waals surface area contributed by atoms with Gasteiger partial charge in [-0.3, -0.25) is 4.79 Å². The van der Waals surface area contributed by atoms with Gasteiger partial charge in [0.2, 0.25) is 5.91 Å². The highest BCUT2D eigenvalue weighted by molar-refractivity contribution is 5.84. The molecule has 112 valence electrons. The lowest BCUT2D eigenvalue weighted by molar-refractivity contribution is -0.123. The lowest BCUT2D eigenvalue weighted by Gasteiger charge is -2.28. The Labute approximate surface area is 120 Å². The van der Waals surface area contributed by atoms with E-state index in [1.165, 1.54) is 12.1 Å². The second-order valence-corrected chi connectivity index (χ2v) is 5.11. The molecule has 0 saturated heterocycles. The zero-order chi connectivity index (χ0) is 15.2. The summed E-state index contributed by atoms with van der Waals surface area (Å²) in [5.41, 5.74) is 5.56. The Kier molecular flexibility index (Phi) is 5.95. The van der Waals surface area contributed by atoms with E-state index in [9.17, 15) is 9.18 Å². The number of carbonyl (C=O) groups excluding carboxylic acids is 1. The number of nitrogens with two attached hydrogens (primary N) is 1. The summed E-state index contributed by atoms with van der Waals surface area (Å²) in [5, 5.41) is 2.97. The Morgan fingerprint density at radius 2 is 2.20 bits per heavy atom. The highest BCUT2D eigenvalue weighted by Gasteiger charge is 2.28. The van der Waals surface area contributed by atoms with E-state index in [2.05, 4.69) is 10.2 Å². The average Bonchev–Trinajstić information content (AvgIpc) is 2.43. The topological polar surface area (TPSA) is 58.4 Å². The average molecular weight is 281 g/mol. The molecule has 5 heteroatoms. The normalized spacial score (nSPS) is 13.8. The third kappa shape index (κ3) is 4.20. The van der Waals surface area contributed by atoms with Crippen LogP contribution in [-0.2, 0) is 4.79 Å². The quantitative estimate of drug-likeness (QED) is 0.765. The van der Waals surface area contributed by atoms with Crippen molar-refractivity contribution in [3.8, 4) is 0 Å². The molecule has 20 heavy (non-hydrogen) atoms. The van der Waals surface area contributed by atoms with Gasteiger partial charge in [0, 0.05) is 18.8 Å². The highest BCUT2D eigenvalue weighted by atomic mass is 19.1. The van der Waals surface area contributed by atoms with Gasteiger partial charge in [-0.1, -0.05) is 6.07 Å². The number of rotatable bonds is 8. The molecule has 1 aromatic rings. The van der Waals surface area contributed by atoms with Crippen LogP contribution in [0.15, 0.2) is 24.3 Å². The van der Waals surface area contributed by atoms with Crippen LogP contribution in [0.1, 0.15) is 26.7 Å². The molecule has 0 saturated carbocycles. The minimum atomic E-state index is -0.693. The van der Waals surface area contributed by atoms with Crippen LogP contribution in [0.2, 0.25) is 0 Å². The van der Waals surface area contributed by atoms with Crippen LogP contribution in [0, 0.1) is 5.82 Å². The number of primary amides is 1. The standard InChI is InChI=1S/C15H24FN3O/c1-4-19(13-8-5-7-12(16)11-13)10-6-9-15(2,18-3)14(17)20/h5,7-8,11,18H,4,6,9-10H2,1-3H3,(H2,17,20). The molecular formula is C15H24FN3O. The summed E-state index contributed by atoms with van der Waals surface area (Å²) >= 11 is 0. The van der Waals surface area contributed by atoms with Gasteiger partial charge in [-0.2, -0.15) is 0 Å². The second-order valence-electron chi connectivity index (χ2n) is 5.11. The molecule has 1 unspecified atom stereocenters. The van der Waals surface area contributed by atoms with E-state index in [0.717, 1.165) is 25.2 Å². The number of amides is 1. The molecule has 0 aromatic heterocycles. The Morgan fingerprint density at radius 1 is 1.50 bits per heavy atom. The van der Waals surface area contributed by atoms with E-state index in [1.54, 1.807) is 20.0 Å². The molecule has 1 aromatic carbocycles. The van der Waals surface area contributed by atoms with E-state index in [0.29, 0.717) is 6.42 Å². The summed E-state index contributed by atoms with van der Waals surface area (Å²) in [6, 6.07) is 6.55. The number of hydrogen-bond donors (Lipinski definition) is 2. The predicted octanol–water partition coefficient (Wildman–Crippen LogP) is 1.90. The molecule has 0 aliphatic carbocycles. The van der Waals surface area contributed by atoms with Crippen LogP contribution in [0.4, 0.5) is 10.1 Å². The first kappa shape index (κ1) is 16.4. The molecule has 0 heterocycles. The van der Waals surface area contributed by atoms with E-state index in [-0.39, 0.29) is 11.7 Å². The van der Waals surface area contributed by atoms with Crippen LogP contribution in [0.25, 0.3) is 0 Å². The number of carbonyl (C=O) groups is 1. The number of nitrogens with one attached hydrogen (secondary N) is 1. The van der Waals surface area contributed by atoms with Gasteiger partial charge in [-0.15, -0.1) is 0 Å². The molecular weight excluding hydrogens is 257 g/mol. The van der Waals surface area contributed by atoms with Crippen LogP contribution in [-0.4, -0.2) is 31.6 Å². The van der Waals surface area contributed by atoms with Crippen molar-refractivity contribution >= 4 is 11.6 Å². The number of nitrogens with zero attached hydrogens (tertiary/aromatic N) is 1. The van der Waals surface area contributed by atoms with Gasteiger partial charge in [0.25, 0.3) is 0 Å². The summed E-state index contributed by atoms with van der Waals surface area (Å²) in [7, 11) is 1.73. The molecule has 1 amide bonds. The maximum Gasteiger partial charge on any atom is 0.237 e. The van der Waals surface area contributed by atoms with Crippen molar-refractivity contribution in [2.45, 2.75) is 32.2 Å². The molecule has 0 spiro atoms. The molecule has 1 atom stereocenters. The number of benzene rings is 1. The van der Waals surface area contributed by atoms with Crippen molar-refractivity contribution < 1.29 is 9.18 Å². The van der Waals surface area contributed by atoms with Crippen LogP contribution < -0.4 is 16.0 Å². The van der Waals surface area contributed by atoms with E-state index < -0.39 is 5.54 Å². The third-order valence-electron chi connectivity index (χ3n) is 3.76. The van der Waals surface area contributed by atoms with Crippen molar-refractivity contribution in [1.82, 2.24) is 5.32 Å². The van der Waals surface area contributed by atoms with Crippen molar-refractivity contribution in [3.63, 3.8) is 0 Å². The molecule has 0 bridgehead atoms. The lowest BCUT2D eigenvalue weighted by atomic mass is 9.95. The minimum absolute atomic E-state index is 0.238. The van der Waals surface area contributed by atoms with E-state index in [4.69, 9.17) is 5.73 Å². The zero-order valence-corrected chi connectivity index (χ0v) is 12.4. The molecule has 0 radical (unpaired) electrons. The summed E-state index contributed by atoms with van der Waals surface area (Å²) < 4.78 is 13.2. The molecule has 0 fully saturated rings. The van der Waals surface area contributed by atoms with E-state index in [1.807, 2.05) is 13.0 Å². The first-order chi connectivity index (χ1) is 9.42. The zero-order valence-electron chi connectivity index (χ0n) is 12.4.